The summed E-state index contributed by atoms with van der Waals surface area (Å²) in [4.78, 5) is 2.47. The average Bonchev–Trinajstić information content (AvgIpc) is 2.78. The number of nitrogens with one attached hydrogen (secondary N) is 1. The smallest absolute Gasteiger partial charge is 0.0164 e. The van der Waals surface area contributed by atoms with E-state index in [-0.39, 0.29) is 0 Å². The Bertz CT molecular complexity index is 254. The average molecular weight is 264 g/mol. The van der Waals surface area contributed by atoms with Crippen LogP contribution >= 0.6 is 0 Å². The molecule has 1 aliphatic rings. The first kappa shape index (κ1) is 16.5. The van der Waals surface area contributed by atoms with Gasteiger partial charge in [-0.05, 0) is 30.7 Å². The van der Waals surface area contributed by atoms with Gasteiger partial charge >= 0.3 is 0 Å². The van der Waals surface area contributed by atoms with Crippen molar-refractivity contribution in [3.05, 3.63) is 25.3 Å². The first-order chi connectivity index (χ1) is 9.12. The fourth-order valence-corrected chi connectivity index (χ4v) is 3.18. The van der Waals surface area contributed by atoms with Crippen molar-refractivity contribution < 1.29 is 0 Å². The molecule has 0 radical (unpaired) electrons. The summed E-state index contributed by atoms with van der Waals surface area (Å²) >= 11 is 0. The van der Waals surface area contributed by atoms with Crippen molar-refractivity contribution in [3.63, 3.8) is 0 Å². The second kappa shape index (κ2) is 8.55. The predicted molar refractivity (Wildman–Crippen MR) is 85.4 cm³/mol. The number of hydrogen-bond donors (Lipinski definition) is 1. The zero-order valence-corrected chi connectivity index (χ0v) is 13.0. The first-order valence-corrected chi connectivity index (χ1v) is 7.77. The molecule has 0 aromatic rings. The third kappa shape index (κ3) is 5.92. The minimum Gasteiger partial charge on any atom is -0.316 e. The molecule has 0 saturated heterocycles. The molecule has 0 aromatic carbocycles. The molecule has 1 rings (SSSR count). The van der Waals surface area contributed by atoms with Gasteiger partial charge in [0.05, 0.1) is 0 Å². The van der Waals surface area contributed by atoms with Gasteiger partial charge in [-0.25, -0.2) is 0 Å². The quantitative estimate of drug-likeness (QED) is 0.608. The first-order valence-electron chi connectivity index (χ1n) is 7.77. The van der Waals surface area contributed by atoms with Crippen LogP contribution in [0.3, 0.4) is 0 Å². The Morgan fingerprint density at radius 2 is 1.74 bits per heavy atom. The van der Waals surface area contributed by atoms with Crippen molar-refractivity contribution in [2.24, 2.45) is 11.3 Å². The minimum absolute atomic E-state index is 0.473. The maximum absolute atomic E-state index is 3.87. The van der Waals surface area contributed by atoms with E-state index >= 15 is 0 Å². The summed E-state index contributed by atoms with van der Waals surface area (Å²) in [5.74, 6) is 0.732. The molecule has 1 fully saturated rings. The van der Waals surface area contributed by atoms with Gasteiger partial charge in [-0.1, -0.05) is 38.8 Å². The molecule has 19 heavy (non-hydrogen) atoms. The fraction of sp³-hybridized carbons (Fsp3) is 0.765. The predicted octanol–water partition coefficient (Wildman–Crippen LogP) is 3.47. The molecular weight excluding hydrogens is 232 g/mol. The zero-order chi connectivity index (χ0) is 14.1. The van der Waals surface area contributed by atoms with Crippen LogP contribution in [-0.4, -0.2) is 37.6 Å². The molecule has 0 spiro atoms. The molecule has 1 N–H and O–H groups in total. The third-order valence-corrected chi connectivity index (χ3v) is 4.05. The second-order valence-electron chi connectivity index (χ2n) is 6.50. The van der Waals surface area contributed by atoms with Crippen LogP contribution in [0.1, 0.15) is 39.5 Å². The summed E-state index contributed by atoms with van der Waals surface area (Å²) < 4.78 is 0. The second-order valence-corrected chi connectivity index (χ2v) is 6.50. The number of hydrogen-bond acceptors (Lipinski definition) is 2. The van der Waals surface area contributed by atoms with E-state index in [4.69, 9.17) is 0 Å². The van der Waals surface area contributed by atoms with Gasteiger partial charge in [-0.15, -0.1) is 13.2 Å². The molecule has 0 bridgehead atoms. The van der Waals surface area contributed by atoms with Crippen molar-refractivity contribution in [2.75, 3.05) is 32.7 Å². The van der Waals surface area contributed by atoms with E-state index in [1.54, 1.807) is 0 Å². The Labute approximate surface area is 120 Å². The molecule has 2 nitrogen and oxygen atoms in total. The normalized spacial score (nSPS) is 18.1. The third-order valence-electron chi connectivity index (χ3n) is 4.05. The van der Waals surface area contributed by atoms with Crippen LogP contribution in [-0.2, 0) is 0 Å². The van der Waals surface area contributed by atoms with E-state index in [1.165, 1.54) is 32.2 Å². The van der Waals surface area contributed by atoms with Gasteiger partial charge in [-0.3, -0.25) is 4.90 Å². The lowest BCUT2D eigenvalue weighted by Crippen LogP contribution is -2.43. The van der Waals surface area contributed by atoms with Crippen LogP contribution in [0.25, 0.3) is 0 Å². The highest BCUT2D eigenvalue weighted by Crippen LogP contribution is 2.38. The molecule has 1 aliphatic carbocycles. The summed E-state index contributed by atoms with van der Waals surface area (Å²) in [5, 5.41) is 3.68. The van der Waals surface area contributed by atoms with E-state index in [1.807, 2.05) is 12.2 Å². The van der Waals surface area contributed by atoms with E-state index < -0.39 is 0 Å². The molecule has 0 heterocycles. The summed E-state index contributed by atoms with van der Waals surface area (Å²) in [7, 11) is 0. The van der Waals surface area contributed by atoms with E-state index in [9.17, 15) is 0 Å². The van der Waals surface area contributed by atoms with Crippen LogP contribution in [0.15, 0.2) is 25.3 Å². The summed E-state index contributed by atoms with van der Waals surface area (Å²) in [6, 6.07) is 0. The Hall–Kier alpha value is -0.600. The summed E-state index contributed by atoms with van der Waals surface area (Å²) in [6.07, 6.45) is 9.52. The van der Waals surface area contributed by atoms with Crippen LogP contribution in [0, 0.1) is 11.3 Å². The van der Waals surface area contributed by atoms with Crippen molar-refractivity contribution in [2.45, 2.75) is 39.5 Å². The van der Waals surface area contributed by atoms with Gasteiger partial charge in [0.2, 0.25) is 0 Å². The highest BCUT2D eigenvalue weighted by atomic mass is 15.1. The molecule has 0 unspecified atom stereocenters. The molecule has 1 saturated carbocycles. The SMILES string of the molecule is C=CCN(CC=C)CC1(CNCC(C)C)CCCC1. The van der Waals surface area contributed by atoms with Gasteiger partial charge < -0.3 is 5.32 Å². The Morgan fingerprint density at radius 1 is 1.16 bits per heavy atom. The van der Waals surface area contributed by atoms with Crippen LogP contribution in [0.2, 0.25) is 0 Å². The topological polar surface area (TPSA) is 15.3 Å². The maximum Gasteiger partial charge on any atom is 0.0164 e. The van der Waals surface area contributed by atoms with Crippen molar-refractivity contribution in [3.8, 4) is 0 Å². The number of rotatable bonds is 10. The van der Waals surface area contributed by atoms with Crippen LogP contribution in [0.4, 0.5) is 0 Å². The maximum atomic E-state index is 3.87. The highest BCUT2D eigenvalue weighted by molar-refractivity contribution is 4.92. The lowest BCUT2D eigenvalue weighted by atomic mass is 9.85. The molecule has 0 aromatic heterocycles. The highest BCUT2D eigenvalue weighted by Gasteiger charge is 2.34. The van der Waals surface area contributed by atoms with E-state index in [0.29, 0.717) is 5.41 Å². The van der Waals surface area contributed by atoms with Gasteiger partial charge in [0.1, 0.15) is 0 Å². The minimum atomic E-state index is 0.473. The lowest BCUT2D eigenvalue weighted by Gasteiger charge is -2.35. The van der Waals surface area contributed by atoms with Gasteiger partial charge in [0, 0.05) is 26.2 Å². The fourth-order valence-electron chi connectivity index (χ4n) is 3.18. The summed E-state index contributed by atoms with van der Waals surface area (Å²) in [5.41, 5.74) is 0.473. The van der Waals surface area contributed by atoms with Crippen molar-refractivity contribution >= 4 is 0 Å². The van der Waals surface area contributed by atoms with Crippen LogP contribution in [0.5, 0.6) is 0 Å². The zero-order valence-electron chi connectivity index (χ0n) is 13.0. The standard InChI is InChI=1S/C17H32N2/c1-5-11-19(12-6-2)15-17(9-7-8-10-17)14-18-13-16(3)4/h5-6,16,18H,1-2,7-15H2,3-4H3. The Kier molecular flexibility index (Phi) is 7.40. The molecule has 110 valence electrons. The Morgan fingerprint density at radius 3 is 2.21 bits per heavy atom. The molecule has 0 amide bonds. The van der Waals surface area contributed by atoms with Gasteiger partial charge in [0.25, 0.3) is 0 Å². The molecule has 0 atom stereocenters. The van der Waals surface area contributed by atoms with Gasteiger partial charge in [0.15, 0.2) is 0 Å². The largest absolute Gasteiger partial charge is 0.316 e. The monoisotopic (exact) mass is 264 g/mol. The van der Waals surface area contributed by atoms with Crippen molar-refractivity contribution in [1.82, 2.24) is 10.2 Å². The molecule has 0 aliphatic heterocycles. The van der Waals surface area contributed by atoms with E-state index in [2.05, 4.69) is 37.2 Å². The summed E-state index contributed by atoms with van der Waals surface area (Å²) in [6.45, 7) is 17.7. The van der Waals surface area contributed by atoms with E-state index in [0.717, 1.165) is 32.1 Å². The molecular formula is C17H32N2. The van der Waals surface area contributed by atoms with Gasteiger partial charge in [-0.2, -0.15) is 0 Å². The van der Waals surface area contributed by atoms with Crippen LogP contribution < -0.4 is 5.32 Å². The lowest BCUT2D eigenvalue weighted by molar-refractivity contribution is 0.169. The Balaban J connectivity index is 2.53. The van der Waals surface area contributed by atoms with Crippen molar-refractivity contribution in [1.29, 1.82) is 0 Å². The molecule has 2 heteroatoms. The number of nitrogens with zero attached hydrogens (tertiary/aromatic N) is 1.